The van der Waals surface area contributed by atoms with Gasteiger partial charge in [0.05, 0.1) is 36.8 Å². The molecular formula is C70H85N21O6. The molecule has 10 atom stereocenters. The van der Waals surface area contributed by atoms with Crippen LogP contribution < -0.4 is 46.6 Å². The number of carbonyl (C=O) groups is 2. The normalized spacial score (nSPS) is 23.7. The number of hydrogen-bond donors (Lipinski definition) is 10. The number of fused-ring (bicyclic) bond motifs is 2. The third-order valence-electron chi connectivity index (χ3n) is 19.9. The van der Waals surface area contributed by atoms with E-state index in [0.717, 1.165) is 48.4 Å². The Labute approximate surface area is 562 Å². The number of hydrogen-bond acceptors (Lipinski definition) is 23. The summed E-state index contributed by atoms with van der Waals surface area (Å²) in [7, 11) is 2.11. The van der Waals surface area contributed by atoms with Gasteiger partial charge in [0.25, 0.3) is 0 Å². The molecule has 5 aromatic heterocycles. The lowest BCUT2D eigenvalue weighted by molar-refractivity contribution is -0.123. The molecule has 3 saturated heterocycles. The van der Waals surface area contributed by atoms with Gasteiger partial charge in [0.1, 0.15) is 24.4 Å². The van der Waals surface area contributed by atoms with Crippen molar-refractivity contribution < 1.29 is 30.0 Å². The lowest BCUT2D eigenvalue weighted by atomic mass is 9.91. The average molecular weight is 1320 g/mol. The molecule has 0 radical (unpaired) electrons. The molecule has 5 aliphatic rings. The monoisotopic (exact) mass is 1320 g/mol. The molecule has 2 aliphatic carbocycles. The number of aromatic nitrogens is 11. The minimum Gasteiger partial charge on any atom is -0.388 e. The summed E-state index contributed by atoms with van der Waals surface area (Å²) in [6.45, 7) is 9.81. The smallest absolute Gasteiger partial charge is 0.232 e. The van der Waals surface area contributed by atoms with E-state index in [9.17, 15) is 30.0 Å². The molecule has 2 amide bonds. The second-order valence-corrected chi connectivity index (χ2v) is 26.3. The summed E-state index contributed by atoms with van der Waals surface area (Å²) in [5, 5.41) is 66.2. The van der Waals surface area contributed by atoms with Gasteiger partial charge in [-0.15, -0.1) is 0 Å². The van der Waals surface area contributed by atoms with Crippen LogP contribution in [0.3, 0.4) is 0 Å². The summed E-state index contributed by atoms with van der Waals surface area (Å²) in [5.41, 5.74) is 6.53. The molecule has 5 fully saturated rings. The van der Waals surface area contributed by atoms with Gasteiger partial charge in [-0.25, -0.2) is 9.97 Å². The molecule has 4 aromatic carbocycles. The Morgan fingerprint density at radius 1 is 0.474 bits per heavy atom. The second-order valence-electron chi connectivity index (χ2n) is 26.3. The zero-order valence-corrected chi connectivity index (χ0v) is 54.8. The van der Waals surface area contributed by atoms with Gasteiger partial charge >= 0.3 is 0 Å². The highest BCUT2D eigenvalue weighted by Crippen LogP contribution is 2.39. The first kappa shape index (κ1) is 64.7. The van der Waals surface area contributed by atoms with Gasteiger partial charge in [-0.3, -0.25) is 9.59 Å². The summed E-state index contributed by atoms with van der Waals surface area (Å²) in [4.78, 5) is 79.7. The molecular weight excluding hydrogens is 1230 g/mol. The highest BCUT2D eigenvalue weighted by molar-refractivity contribution is 5.86. The van der Waals surface area contributed by atoms with Crippen LogP contribution in [0.25, 0.3) is 22.3 Å². The molecule has 506 valence electrons. The molecule has 0 spiro atoms. The van der Waals surface area contributed by atoms with Crippen LogP contribution >= 0.6 is 0 Å². The lowest BCUT2D eigenvalue weighted by Crippen LogP contribution is -2.45. The number of anilines is 7. The van der Waals surface area contributed by atoms with E-state index < -0.39 is 48.6 Å². The van der Waals surface area contributed by atoms with E-state index >= 15 is 0 Å². The summed E-state index contributed by atoms with van der Waals surface area (Å²) in [6, 6.07) is 38.5. The van der Waals surface area contributed by atoms with E-state index in [2.05, 4.69) is 107 Å². The van der Waals surface area contributed by atoms with Gasteiger partial charge in [0.2, 0.25) is 41.6 Å². The van der Waals surface area contributed by atoms with Gasteiger partial charge in [0.15, 0.2) is 34.0 Å². The molecule has 27 nitrogen and oxygen atoms in total. The van der Waals surface area contributed by atoms with Crippen molar-refractivity contribution in [3.8, 4) is 0 Å². The van der Waals surface area contributed by atoms with Crippen molar-refractivity contribution in [3.63, 3.8) is 0 Å². The van der Waals surface area contributed by atoms with E-state index in [1.54, 1.807) is 26.5 Å². The number of piperazine rings is 1. The Balaban J connectivity index is 0.732. The molecule has 9 aromatic rings. The number of rotatable bonds is 23. The Morgan fingerprint density at radius 3 is 1.24 bits per heavy atom. The third kappa shape index (κ3) is 13.9. The van der Waals surface area contributed by atoms with Crippen LogP contribution in [0.2, 0.25) is 0 Å². The number of imidazole rings is 2. The Morgan fingerprint density at radius 2 is 0.856 bits per heavy atom. The molecule has 2 saturated carbocycles. The number of nitrogens with one attached hydrogen (secondary N) is 6. The minimum atomic E-state index is -1.20. The number of aliphatic hydroxyl groups excluding tert-OH is 4. The molecule has 1 unspecified atom stereocenters. The molecule has 3 aliphatic heterocycles. The number of carbonyl (C=O) groups excluding carboxylic acids is 2. The minimum absolute atomic E-state index is 0.0368. The number of benzene rings is 4. The number of amides is 2. The fraction of sp³-hybridized carbons (Fsp3) is 0.443. The Hall–Kier alpha value is -9.67. The maximum absolute atomic E-state index is 12.6. The molecule has 27 heteroatoms. The van der Waals surface area contributed by atoms with Crippen molar-refractivity contribution in [3.05, 3.63) is 156 Å². The van der Waals surface area contributed by atoms with E-state index in [0.29, 0.717) is 116 Å². The van der Waals surface area contributed by atoms with Crippen molar-refractivity contribution in [1.82, 2.24) is 69.5 Å². The van der Waals surface area contributed by atoms with Crippen LogP contribution in [0.5, 0.6) is 0 Å². The van der Waals surface area contributed by atoms with Crippen molar-refractivity contribution in [2.75, 3.05) is 108 Å². The first-order valence-corrected chi connectivity index (χ1v) is 34.0. The SMILES string of the molecule is CCC(=O)N[C@H]1C[C@@H](n2cnc3c(NCC(c4ccccc4)c4ccccc4)nc(N4CCC(Nc5nc(N[C@@H]6CCN(c7nc(NCC(c8ccccc8)c8ccccc8)c8ncn([C@@H]9C[C@H](NC(=O)CC)[C@@H](O)[C@H]9O)c8n7)C6)nc(N6CCN(C)CC6)n5)C4)nc32)[C@H](O)[C@@H]1O. The number of aliphatic hydroxyl groups is 4. The van der Waals surface area contributed by atoms with Crippen molar-refractivity contribution in [2.45, 2.75) is 125 Å². The highest BCUT2D eigenvalue weighted by Gasteiger charge is 2.46. The maximum Gasteiger partial charge on any atom is 0.232 e. The molecule has 8 heterocycles. The number of likely N-dealkylation sites (N-methyl/N-ethyl adjacent to an activating group) is 1. The van der Waals surface area contributed by atoms with Crippen molar-refractivity contribution >= 4 is 75.5 Å². The quantitative estimate of drug-likeness (QED) is 0.0407. The first-order valence-electron chi connectivity index (χ1n) is 34.0. The van der Waals surface area contributed by atoms with Crippen LogP contribution in [-0.4, -0.2) is 212 Å². The van der Waals surface area contributed by atoms with E-state index in [1.807, 2.05) is 81.9 Å². The maximum atomic E-state index is 12.6. The molecule has 10 N–H and O–H groups in total. The van der Waals surface area contributed by atoms with Gasteiger partial charge < -0.3 is 81.1 Å². The Kier molecular flexibility index (Phi) is 19.0. The predicted molar refractivity (Wildman–Crippen MR) is 371 cm³/mol. The summed E-state index contributed by atoms with van der Waals surface area (Å²) < 4.78 is 3.62. The highest BCUT2D eigenvalue weighted by atomic mass is 16.3. The molecule has 14 rings (SSSR count). The standard InChI is InChI=1S/C70H85N21O6/c1-4-54(92)77-50-34-52(60(96)58(50)94)90-40-73-56-62(71-36-48(42-18-10-6-11-19-42)43-20-12-7-13-21-43)79-68(81-64(56)90)88-28-26-46(38-88)75-66-83-67(85-70(84-66)87-32-30-86(3)31-33-87)76-47-27-29-89(39-47)69-80-63(72-37-49(44-22-14-8-15-23-44)45-24-16-9-17-25-45)57-65(82-69)91(41-74-57)53-35-51(59(95)61(53)97)78-55(93)5-2/h6-25,40-41,46-53,58-61,94-97H,4-5,26-39H2,1-3H3,(H,77,92)(H,78,93)(H,71,79,81)(H,72,80,82)(H2,75,76,83,84,85)/t46-,47?,50+,51+,52-,53-,58-,59-,60+,61+/m1/s1. The zero-order valence-electron chi connectivity index (χ0n) is 54.8. The van der Waals surface area contributed by atoms with Gasteiger partial charge in [0, 0.05) is 102 Å². The topological polar surface area (TPSA) is 326 Å². The third-order valence-corrected chi connectivity index (χ3v) is 19.9. The zero-order chi connectivity index (χ0) is 66.7. The Bertz CT molecular complexity index is 3840. The van der Waals surface area contributed by atoms with Crippen LogP contribution in [-0.2, 0) is 9.59 Å². The second kappa shape index (κ2) is 28.6. The van der Waals surface area contributed by atoms with Crippen LogP contribution in [0.4, 0.5) is 41.4 Å². The van der Waals surface area contributed by atoms with Gasteiger partial charge in [-0.2, -0.15) is 34.9 Å². The van der Waals surface area contributed by atoms with Crippen LogP contribution in [0.1, 0.15) is 98.5 Å². The van der Waals surface area contributed by atoms with Gasteiger partial charge in [-0.05, 0) is 55.0 Å². The van der Waals surface area contributed by atoms with Crippen molar-refractivity contribution in [2.24, 2.45) is 0 Å². The van der Waals surface area contributed by atoms with Gasteiger partial charge in [-0.1, -0.05) is 135 Å². The lowest BCUT2D eigenvalue weighted by Gasteiger charge is -2.32. The average Bonchev–Trinajstić information content (AvgIpc) is 1.63. The van der Waals surface area contributed by atoms with Crippen molar-refractivity contribution in [1.29, 1.82) is 0 Å². The molecule has 0 bridgehead atoms. The largest absolute Gasteiger partial charge is 0.388 e. The summed E-state index contributed by atoms with van der Waals surface area (Å²) in [6.07, 6.45) is 0.923. The van der Waals surface area contributed by atoms with E-state index in [1.165, 1.54) is 0 Å². The molecule has 97 heavy (non-hydrogen) atoms. The van der Waals surface area contributed by atoms with E-state index in [-0.39, 0.29) is 61.4 Å². The fourth-order valence-electron chi connectivity index (χ4n) is 14.4. The van der Waals surface area contributed by atoms with Crippen LogP contribution in [0.15, 0.2) is 134 Å². The fourth-order valence-corrected chi connectivity index (χ4v) is 14.4. The number of nitrogens with zero attached hydrogens (tertiary/aromatic N) is 15. The first-order chi connectivity index (χ1) is 47.3. The predicted octanol–water partition coefficient (Wildman–Crippen LogP) is 4.90. The van der Waals surface area contributed by atoms with Crippen LogP contribution in [0, 0.1) is 0 Å². The van der Waals surface area contributed by atoms with E-state index in [4.69, 9.17) is 44.9 Å². The summed E-state index contributed by atoms with van der Waals surface area (Å²) in [5.74, 6) is 2.89. The summed E-state index contributed by atoms with van der Waals surface area (Å²) >= 11 is 0.